The van der Waals surface area contributed by atoms with E-state index in [-0.39, 0.29) is 11.4 Å². The molecular formula is C13H15F2N. The molecule has 0 radical (unpaired) electrons. The second kappa shape index (κ2) is 4.98. The summed E-state index contributed by atoms with van der Waals surface area (Å²) in [4.78, 5) is 1.72. The molecule has 0 fully saturated rings. The summed E-state index contributed by atoms with van der Waals surface area (Å²) in [6.07, 6.45) is 0. The van der Waals surface area contributed by atoms with Crippen LogP contribution >= 0.6 is 0 Å². The molecule has 0 unspecified atom stereocenters. The Hall–Kier alpha value is -1.56. The van der Waals surface area contributed by atoms with Gasteiger partial charge in [-0.25, -0.2) is 8.78 Å². The molecule has 0 atom stereocenters. The zero-order chi connectivity index (χ0) is 12.2. The Kier molecular flexibility index (Phi) is 3.89. The molecule has 1 aromatic carbocycles. The largest absolute Gasteiger partial charge is 0.326 e. The van der Waals surface area contributed by atoms with Crippen LogP contribution in [0, 0.1) is 17.8 Å². The molecular weight excluding hydrogens is 208 g/mol. The first-order valence-electron chi connectivity index (χ1n) is 5.03. The van der Waals surface area contributed by atoms with Crippen molar-refractivity contribution in [1.82, 2.24) is 4.90 Å². The van der Waals surface area contributed by atoms with Crippen LogP contribution in [0.15, 0.2) is 24.3 Å². The lowest BCUT2D eigenvalue weighted by Gasteiger charge is -2.33. The predicted octanol–water partition coefficient (Wildman–Crippen LogP) is 2.92. The van der Waals surface area contributed by atoms with Crippen LogP contribution in [0.1, 0.15) is 19.4 Å². The summed E-state index contributed by atoms with van der Waals surface area (Å²) >= 11 is 0. The van der Waals surface area contributed by atoms with Gasteiger partial charge >= 0.3 is 0 Å². The highest BCUT2D eigenvalue weighted by molar-refractivity contribution is 5.25. The Morgan fingerprint density at radius 3 is 2.31 bits per heavy atom. The summed E-state index contributed by atoms with van der Waals surface area (Å²) in [5.41, 5.74) is 0.556. The van der Waals surface area contributed by atoms with Crippen LogP contribution in [0.5, 0.6) is 0 Å². The fraction of sp³-hybridized carbons (Fsp3) is 0.385. The molecule has 0 saturated carbocycles. The van der Waals surface area contributed by atoms with E-state index in [0.29, 0.717) is 0 Å². The number of halogens is 2. The highest BCUT2D eigenvalue weighted by Crippen LogP contribution is 2.25. The molecule has 86 valence electrons. The van der Waals surface area contributed by atoms with Crippen LogP contribution in [-0.4, -0.2) is 18.6 Å². The van der Waals surface area contributed by atoms with E-state index in [1.54, 1.807) is 24.1 Å². The summed E-state index contributed by atoms with van der Waals surface area (Å²) < 4.78 is 24.7. The van der Waals surface area contributed by atoms with Gasteiger partial charge in [0.1, 0.15) is 5.82 Å². The summed E-state index contributed by atoms with van der Waals surface area (Å²) in [5.74, 6) is 2.10. The SMILES string of the molecule is CN(C#CCF)C(C)(C)c1ccc(F)cc1. The van der Waals surface area contributed by atoms with Gasteiger partial charge in [-0.05, 0) is 37.5 Å². The Morgan fingerprint density at radius 1 is 1.25 bits per heavy atom. The minimum absolute atomic E-state index is 0.267. The van der Waals surface area contributed by atoms with Crippen molar-refractivity contribution in [2.75, 3.05) is 13.7 Å². The number of hydrogen-bond donors (Lipinski definition) is 0. The molecule has 0 saturated heterocycles. The smallest absolute Gasteiger partial charge is 0.152 e. The molecule has 3 heteroatoms. The Morgan fingerprint density at radius 2 is 1.81 bits per heavy atom. The monoisotopic (exact) mass is 223 g/mol. The van der Waals surface area contributed by atoms with E-state index in [2.05, 4.69) is 12.0 Å². The Balaban J connectivity index is 2.96. The average molecular weight is 223 g/mol. The number of alkyl halides is 1. The van der Waals surface area contributed by atoms with Crippen molar-refractivity contribution < 1.29 is 8.78 Å². The first-order valence-corrected chi connectivity index (χ1v) is 5.03. The van der Waals surface area contributed by atoms with E-state index in [1.165, 1.54) is 12.1 Å². The summed E-state index contributed by atoms with van der Waals surface area (Å²) in [5, 5.41) is 0. The molecule has 0 spiro atoms. The van der Waals surface area contributed by atoms with Crippen molar-refractivity contribution in [2.45, 2.75) is 19.4 Å². The van der Waals surface area contributed by atoms with Gasteiger partial charge in [-0.2, -0.15) is 0 Å². The lowest BCUT2D eigenvalue weighted by Crippen LogP contribution is -2.35. The third-order valence-corrected chi connectivity index (χ3v) is 2.70. The third-order valence-electron chi connectivity index (χ3n) is 2.70. The molecule has 0 aliphatic heterocycles. The van der Waals surface area contributed by atoms with Gasteiger partial charge < -0.3 is 4.90 Å². The van der Waals surface area contributed by atoms with Crippen LogP contribution in [0.25, 0.3) is 0 Å². The van der Waals surface area contributed by atoms with Crippen LogP contribution in [0.3, 0.4) is 0 Å². The van der Waals surface area contributed by atoms with Crippen LogP contribution in [0.4, 0.5) is 8.78 Å². The van der Waals surface area contributed by atoms with Gasteiger partial charge in [0.15, 0.2) is 6.67 Å². The zero-order valence-electron chi connectivity index (χ0n) is 9.72. The third kappa shape index (κ3) is 2.73. The molecule has 0 N–H and O–H groups in total. The maximum atomic E-state index is 12.8. The van der Waals surface area contributed by atoms with E-state index in [1.807, 2.05) is 13.8 Å². The Labute approximate surface area is 95.1 Å². The number of hydrogen-bond acceptors (Lipinski definition) is 1. The fourth-order valence-electron chi connectivity index (χ4n) is 1.34. The molecule has 1 rings (SSSR count). The molecule has 1 aromatic rings. The van der Waals surface area contributed by atoms with E-state index >= 15 is 0 Å². The van der Waals surface area contributed by atoms with Crippen molar-refractivity contribution >= 4 is 0 Å². The Bertz CT molecular complexity index is 398. The first kappa shape index (κ1) is 12.5. The molecule has 0 bridgehead atoms. The number of benzene rings is 1. The topological polar surface area (TPSA) is 3.24 Å². The van der Waals surface area contributed by atoms with Gasteiger partial charge in [0.05, 0.1) is 5.54 Å². The molecule has 0 aliphatic rings. The van der Waals surface area contributed by atoms with Gasteiger partial charge in [-0.15, -0.1) is 0 Å². The molecule has 0 aliphatic carbocycles. The highest BCUT2D eigenvalue weighted by Gasteiger charge is 2.24. The van der Waals surface area contributed by atoms with Crippen LogP contribution in [0.2, 0.25) is 0 Å². The highest BCUT2D eigenvalue weighted by atomic mass is 19.1. The van der Waals surface area contributed by atoms with Crippen molar-refractivity contribution in [3.63, 3.8) is 0 Å². The van der Waals surface area contributed by atoms with Gasteiger partial charge in [-0.3, -0.25) is 0 Å². The van der Waals surface area contributed by atoms with Crippen molar-refractivity contribution in [2.24, 2.45) is 0 Å². The van der Waals surface area contributed by atoms with E-state index in [4.69, 9.17) is 0 Å². The van der Waals surface area contributed by atoms with Gasteiger partial charge in [0, 0.05) is 13.1 Å². The maximum absolute atomic E-state index is 12.8. The maximum Gasteiger partial charge on any atom is 0.152 e. The minimum Gasteiger partial charge on any atom is -0.326 e. The number of nitrogens with zero attached hydrogens (tertiary/aromatic N) is 1. The van der Waals surface area contributed by atoms with E-state index in [0.717, 1.165) is 5.56 Å². The lowest BCUT2D eigenvalue weighted by molar-refractivity contribution is 0.243. The summed E-state index contributed by atoms with van der Waals surface area (Å²) in [7, 11) is 1.78. The van der Waals surface area contributed by atoms with Gasteiger partial charge in [-0.1, -0.05) is 12.1 Å². The van der Waals surface area contributed by atoms with Crippen molar-refractivity contribution in [3.05, 3.63) is 35.6 Å². The normalized spacial score (nSPS) is 10.6. The second-order valence-corrected chi connectivity index (χ2v) is 4.05. The molecule has 1 nitrogen and oxygen atoms in total. The molecule has 16 heavy (non-hydrogen) atoms. The average Bonchev–Trinajstić information content (AvgIpc) is 2.26. The molecule has 0 amide bonds. The van der Waals surface area contributed by atoms with Gasteiger partial charge in [0.2, 0.25) is 0 Å². The molecule has 0 aromatic heterocycles. The van der Waals surface area contributed by atoms with E-state index < -0.39 is 6.67 Å². The van der Waals surface area contributed by atoms with Gasteiger partial charge in [0.25, 0.3) is 0 Å². The minimum atomic E-state index is -0.663. The lowest BCUT2D eigenvalue weighted by atomic mass is 9.93. The summed E-state index contributed by atoms with van der Waals surface area (Å²) in [6, 6.07) is 8.94. The molecule has 0 heterocycles. The van der Waals surface area contributed by atoms with Crippen molar-refractivity contribution in [1.29, 1.82) is 0 Å². The quantitative estimate of drug-likeness (QED) is 0.550. The fourth-order valence-corrected chi connectivity index (χ4v) is 1.34. The first-order chi connectivity index (χ1) is 7.48. The number of rotatable bonds is 2. The standard InChI is InChI=1S/C13H15F2N/c1-13(2,16(3)10-4-9-14)11-5-7-12(15)8-6-11/h5-8H,9H2,1-3H3. The second-order valence-electron chi connectivity index (χ2n) is 4.05. The van der Waals surface area contributed by atoms with Crippen LogP contribution < -0.4 is 0 Å². The predicted molar refractivity (Wildman–Crippen MR) is 60.9 cm³/mol. The van der Waals surface area contributed by atoms with Crippen molar-refractivity contribution in [3.8, 4) is 12.0 Å². The zero-order valence-corrected chi connectivity index (χ0v) is 9.72. The summed E-state index contributed by atoms with van der Waals surface area (Å²) in [6.45, 7) is 3.24. The van der Waals surface area contributed by atoms with E-state index in [9.17, 15) is 8.78 Å². The van der Waals surface area contributed by atoms with Crippen LogP contribution in [-0.2, 0) is 5.54 Å².